The molecule has 126 valence electrons. The van der Waals surface area contributed by atoms with Gasteiger partial charge in [-0.15, -0.1) is 0 Å². The van der Waals surface area contributed by atoms with E-state index >= 15 is 0 Å². The summed E-state index contributed by atoms with van der Waals surface area (Å²) in [5, 5.41) is 0.558. The number of esters is 1. The molecule has 0 aromatic heterocycles. The van der Waals surface area contributed by atoms with Gasteiger partial charge in [-0.25, -0.2) is 4.79 Å². The topological polar surface area (TPSA) is 26.3 Å². The molecular weight excluding hydrogens is 379 g/mol. The fraction of sp³-hybridized carbons (Fsp3) is 0.0500. The quantitative estimate of drug-likeness (QED) is 0.366. The van der Waals surface area contributed by atoms with Gasteiger partial charge in [-0.2, -0.15) is 0 Å². The van der Waals surface area contributed by atoms with Crippen molar-refractivity contribution in [3.63, 3.8) is 0 Å². The second-order valence-electron chi connectivity index (χ2n) is 5.36. The lowest BCUT2D eigenvalue weighted by molar-refractivity contribution is 0.0473. The van der Waals surface area contributed by atoms with E-state index in [0.717, 1.165) is 16.7 Å². The zero-order valence-electron chi connectivity index (χ0n) is 13.0. The summed E-state index contributed by atoms with van der Waals surface area (Å²) in [6.07, 6.45) is 0. The van der Waals surface area contributed by atoms with Crippen LogP contribution in [0.3, 0.4) is 0 Å². The Morgan fingerprint density at radius 3 is 2.04 bits per heavy atom. The van der Waals surface area contributed by atoms with Crippen LogP contribution < -0.4 is 0 Å². The van der Waals surface area contributed by atoms with Gasteiger partial charge in [0, 0.05) is 0 Å². The number of benzene rings is 3. The van der Waals surface area contributed by atoms with Crippen molar-refractivity contribution in [3.8, 4) is 11.1 Å². The molecule has 2 nitrogen and oxygen atoms in total. The summed E-state index contributed by atoms with van der Waals surface area (Å²) in [7, 11) is 0. The maximum atomic E-state index is 12.3. The van der Waals surface area contributed by atoms with Gasteiger partial charge in [0.05, 0.1) is 20.6 Å². The standard InChI is InChI=1S/C20H13Cl3O2/c21-16-10-11-17(22)19(23)18(16)20(24)25-12-13-6-8-15(9-7-13)14-4-2-1-3-5-14/h1-11H,12H2. The highest BCUT2D eigenvalue weighted by molar-refractivity contribution is 6.46. The summed E-state index contributed by atoms with van der Waals surface area (Å²) in [4.78, 5) is 12.3. The Bertz CT molecular complexity index is 891. The van der Waals surface area contributed by atoms with Crippen molar-refractivity contribution >= 4 is 40.8 Å². The zero-order chi connectivity index (χ0) is 17.8. The molecule has 0 radical (unpaired) electrons. The fourth-order valence-corrected chi connectivity index (χ4v) is 3.04. The molecule has 0 fully saturated rings. The van der Waals surface area contributed by atoms with Crippen LogP contribution in [-0.4, -0.2) is 5.97 Å². The van der Waals surface area contributed by atoms with Gasteiger partial charge in [-0.1, -0.05) is 89.4 Å². The van der Waals surface area contributed by atoms with Gasteiger partial charge < -0.3 is 4.74 Å². The molecule has 0 atom stereocenters. The van der Waals surface area contributed by atoms with Crippen LogP contribution in [0.4, 0.5) is 0 Å². The first-order chi connectivity index (χ1) is 12.1. The fourth-order valence-electron chi connectivity index (χ4n) is 2.36. The number of halogens is 3. The summed E-state index contributed by atoms with van der Waals surface area (Å²) in [6, 6.07) is 20.9. The van der Waals surface area contributed by atoms with Crippen LogP contribution in [0.2, 0.25) is 15.1 Å². The molecule has 3 aromatic rings. The van der Waals surface area contributed by atoms with Gasteiger partial charge in [-0.3, -0.25) is 0 Å². The number of ether oxygens (including phenoxy) is 1. The number of carbonyl (C=O) groups excluding carboxylic acids is 1. The minimum absolute atomic E-state index is 0.0803. The van der Waals surface area contributed by atoms with Gasteiger partial charge >= 0.3 is 5.97 Å². The van der Waals surface area contributed by atoms with E-state index in [1.165, 1.54) is 12.1 Å². The molecule has 0 saturated carbocycles. The first-order valence-electron chi connectivity index (χ1n) is 7.51. The predicted molar refractivity (Wildman–Crippen MR) is 102 cm³/mol. The summed E-state index contributed by atoms with van der Waals surface area (Å²) in [5.74, 6) is -0.607. The monoisotopic (exact) mass is 390 g/mol. The Hall–Kier alpha value is -2.00. The lowest BCUT2D eigenvalue weighted by atomic mass is 10.0. The number of hydrogen-bond donors (Lipinski definition) is 0. The van der Waals surface area contributed by atoms with E-state index < -0.39 is 5.97 Å². The number of rotatable bonds is 4. The lowest BCUT2D eigenvalue weighted by Crippen LogP contribution is -2.07. The van der Waals surface area contributed by atoms with Gasteiger partial charge in [0.25, 0.3) is 0 Å². The maximum absolute atomic E-state index is 12.3. The molecule has 0 spiro atoms. The van der Waals surface area contributed by atoms with Crippen molar-refractivity contribution in [2.75, 3.05) is 0 Å². The third kappa shape index (κ3) is 4.16. The van der Waals surface area contributed by atoms with Crippen LogP contribution >= 0.6 is 34.8 Å². The molecule has 3 aromatic carbocycles. The molecule has 0 unspecified atom stereocenters. The van der Waals surface area contributed by atoms with Crippen molar-refractivity contribution in [1.82, 2.24) is 0 Å². The molecule has 0 saturated heterocycles. The summed E-state index contributed by atoms with van der Waals surface area (Å²) in [6.45, 7) is 0.118. The van der Waals surface area contributed by atoms with Crippen LogP contribution in [-0.2, 0) is 11.3 Å². The second-order valence-corrected chi connectivity index (χ2v) is 6.55. The maximum Gasteiger partial charge on any atom is 0.341 e. The van der Waals surface area contributed by atoms with E-state index in [0.29, 0.717) is 0 Å². The highest BCUT2D eigenvalue weighted by Crippen LogP contribution is 2.32. The van der Waals surface area contributed by atoms with Crippen molar-refractivity contribution in [1.29, 1.82) is 0 Å². The average Bonchev–Trinajstić information content (AvgIpc) is 2.64. The average molecular weight is 392 g/mol. The zero-order valence-corrected chi connectivity index (χ0v) is 15.3. The lowest BCUT2D eigenvalue weighted by Gasteiger charge is -2.09. The van der Waals surface area contributed by atoms with E-state index in [9.17, 15) is 4.79 Å². The molecule has 0 aliphatic heterocycles. The third-order valence-corrected chi connectivity index (χ3v) is 4.80. The van der Waals surface area contributed by atoms with Crippen molar-refractivity contribution < 1.29 is 9.53 Å². The SMILES string of the molecule is O=C(OCc1ccc(-c2ccccc2)cc1)c1c(Cl)ccc(Cl)c1Cl. The van der Waals surface area contributed by atoms with E-state index in [1.807, 2.05) is 54.6 Å². The van der Waals surface area contributed by atoms with E-state index in [-0.39, 0.29) is 27.2 Å². The van der Waals surface area contributed by atoms with Crippen molar-refractivity contribution in [2.24, 2.45) is 0 Å². The first-order valence-corrected chi connectivity index (χ1v) is 8.64. The summed E-state index contributed by atoms with van der Waals surface area (Å²) in [5.41, 5.74) is 3.17. The molecule has 0 aliphatic rings. The second kappa shape index (κ2) is 7.92. The van der Waals surface area contributed by atoms with E-state index in [1.54, 1.807) is 0 Å². The van der Waals surface area contributed by atoms with Crippen molar-refractivity contribution in [3.05, 3.63) is 92.9 Å². The molecular formula is C20H13Cl3O2. The normalized spacial score (nSPS) is 10.5. The summed E-state index contributed by atoms with van der Waals surface area (Å²) < 4.78 is 5.31. The highest BCUT2D eigenvalue weighted by Gasteiger charge is 2.18. The highest BCUT2D eigenvalue weighted by atomic mass is 35.5. The smallest absolute Gasteiger partial charge is 0.341 e. The Morgan fingerprint density at radius 1 is 0.760 bits per heavy atom. The predicted octanol–water partition coefficient (Wildman–Crippen LogP) is 6.67. The Labute approximate surface area is 160 Å². The molecule has 0 bridgehead atoms. The summed E-state index contributed by atoms with van der Waals surface area (Å²) >= 11 is 18.0. The molecule has 0 aliphatic carbocycles. The van der Waals surface area contributed by atoms with Gasteiger partial charge in [0.2, 0.25) is 0 Å². The third-order valence-electron chi connectivity index (χ3n) is 3.68. The van der Waals surface area contributed by atoms with Crippen molar-refractivity contribution in [2.45, 2.75) is 6.61 Å². The van der Waals surface area contributed by atoms with Crippen LogP contribution in [0.5, 0.6) is 0 Å². The van der Waals surface area contributed by atoms with Gasteiger partial charge in [-0.05, 0) is 28.8 Å². The molecule has 0 N–H and O–H groups in total. The largest absolute Gasteiger partial charge is 0.457 e. The molecule has 3 rings (SSSR count). The van der Waals surface area contributed by atoms with Crippen LogP contribution in [0.15, 0.2) is 66.7 Å². The van der Waals surface area contributed by atoms with E-state index in [2.05, 4.69) is 0 Å². The first kappa shape index (κ1) is 17.8. The molecule has 0 heterocycles. The van der Waals surface area contributed by atoms with Gasteiger partial charge in [0.15, 0.2) is 0 Å². The Morgan fingerprint density at radius 2 is 1.36 bits per heavy atom. The Balaban J connectivity index is 1.70. The van der Waals surface area contributed by atoms with Crippen LogP contribution in [0.25, 0.3) is 11.1 Å². The van der Waals surface area contributed by atoms with Crippen LogP contribution in [0, 0.1) is 0 Å². The Kier molecular flexibility index (Phi) is 5.64. The molecule has 0 amide bonds. The minimum Gasteiger partial charge on any atom is -0.457 e. The minimum atomic E-state index is -0.607. The number of carbonyl (C=O) groups is 1. The number of hydrogen-bond acceptors (Lipinski definition) is 2. The van der Waals surface area contributed by atoms with Crippen LogP contribution in [0.1, 0.15) is 15.9 Å². The molecule has 5 heteroatoms. The van der Waals surface area contributed by atoms with Gasteiger partial charge in [0.1, 0.15) is 6.61 Å². The van der Waals surface area contributed by atoms with E-state index in [4.69, 9.17) is 39.5 Å². The molecule has 25 heavy (non-hydrogen) atoms.